The fourth-order valence-corrected chi connectivity index (χ4v) is 5.40. The summed E-state index contributed by atoms with van der Waals surface area (Å²) in [5.74, 6) is -0.627. The summed E-state index contributed by atoms with van der Waals surface area (Å²) in [6.07, 6.45) is 2.51. The summed E-state index contributed by atoms with van der Waals surface area (Å²) >= 11 is 0. The number of amides is 3. The van der Waals surface area contributed by atoms with E-state index in [9.17, 15) is 19.2 Å². The first-order chi connectivity index (χ1) is 16.9. The fourth-order valence-electron chi connectivity index (χ4n) is 5.40. The zero-order valence-corrected chi connectivity index (χ0v) is 19.8. The van der Waals surface area contributed by atoms with Crippen molar-refractivity contribution in [1.82, 2.24) is 0 Å². The van der Waals surface area contributed by atoms with Crippen molar-refractivity contribution in [1.29, 1.82) is 0 Å². The predicted molar refractivity (Wildman–Crippen MR) is 128 cm³/mol. The molecule has 4 atom stereocenters. The van der Waals surface area contributed by atoms with Gasteiger partial charge in [0.25, 0.3) is 0 Å². The molecule has 3 amide bonds. The normalized spacial score (nSPS) is 26.2. The van der Waals surface area contributed by atoms with E-state index in [-0.39, 0.29) is 42.5 Å². The van der Waals surface area contributed by atoms with Crippen LogP contribution in [0.25, 0.3) is 0 Å². The maximum Gasteiger partial charge on any atom is 0.316 e. The van der Waals surface area contributed by atoms with Crippen LogP contribution in [-0.2, 0) is 19.2 Å². The Morgan fingerprint density at radius 3 is 2.40 bits per heavy atom. The van der Waals surface area contributed by atoms with Crippen molar-refractivity contribution in [2.45, 2.75) is 32.6 Å². The van der Waals surface area contributed by atoms with E-state index < -0.39 is 11.9 Å². The Balaban J connectivity index is 1.24. The maximum atomic E-state index is 12.9. The highest BCUT2D eigenvalue weighted by Gasteiger charge is 2.50. The molecule has 1 aliphatic carbocycles. The number of nitrogens with zero attached hydrogens (tertiary/aromatic N) is 2. The molecule has 0 spiro atoms. The molecule has 182 valence electrons. The summed E-state index contributed by atoms with van der Waals surface area (Å²) in [6, 6.07) is 13.5. The van der Waals surface area contributed by atoms with Crippen LogP contribution in [0.5, 0.6) is 11.5 Å². The van der Waals surface area contributed by atoms with Crippen LogP contribution in [0.15, 0.2) is 48.5 Å². The maximum absolute atomic E-state index is 12.9. The summed E-state index contributed by atoms with van der Waals surface area (Å²) in [6.45, 7) is 2.34. The Morgan fingerprint density at radius 1 is 0.914 bits per heavy atom. The van der Waals surface area contributed by atoms with Crippen molar-refractivity contribution in [3.63, 3.8) is 0 Å². The highest BCUT2D eigenvalue weighted by molar-refractivity contribution is 6.22. The van der Waals surface area contributed by atoms with Gasteiger partial charge in [0, 0.05) is 24.7 Å². The molecule has 2 heterocycles. The molecular weight excluding hydrogens is 448 g/mol. The van der Waals surface area contributed by atoms with Crippen molar-refractivity contribution in [2.24, 2.45) is 23.7 Å². The van der Waals surface area contributed by atoms with E-state index in [0.29, 0.717) is 28.8 Å². The van der Waals surface area contributed by atoms with Crippen LogP contribution < -0.4 is 19.3 Å². The van der Waals surface area contributed by atoms with E-state index in [1.807, 2.05) is 0 Å². The Hall–Kier alpha value is -3.68. The smallest absolute Gasteiger partial charge is 0.316 e. The first-order valence-corrected chi connectivity index (χ1v) is 12.0. The molecule has 2 aromatic rings. The van der Waals surface area contributed by atoms with Crippen molar-refractivity contribution < 1.29 is 28.7 Å². The van der Waals surface area contributed by atoms with Gasteiger partial charge in [-0.15, -0.1) is 0 Å². The van der Waals surface area contributed by atoms with Crippen LogP contribution >= 0.6 is 0 Å². The number of anilines is 2. The molecule has 0 unspecified atom stereocenters. The van der Waals surface area contributed by atoms with Gasteiger partial charge in [-0.1, -0.05) is 13.0 Å². The van der Waals surface area contributed by atoms with E-state index in [0.717, 1.165) is 19.3 Å². The zero-order chi connectivity index (χ0) is 24.7. The number of fused-ring (bicyclic) bond motifs is 1. The van der Waals surface area contributed by atoms with Crippen molar-refractivity contribution in [3.05, 3.63) is 48.5 Å². The molecule has 0 N–H and O–H groups in total. The van der Waals surface area contributed by atoms with Gasteiger partial charge in [0.2, 0.25) is 17.7 Å². The summed E-state index contributed by atoms with van der Waals surface area (Å²) in [5.41, 5.74) is 1.16. The molecule has 5 rings (SSSR count). The Bertz CT molecular complexity index is 1180. The van der Waals surface area contributed by atoms with E-state index in [1.165, 1.54) is 4.90 Å². The van der Waals surface area contributed by atoms with E-state index in [4.69, 9.17) is 9.47 Å². The largest absolute Gasteiger partial charge is 0.497 e. The van der Waals surface area contributed by atoms with Gasteiger partial charge < -0.3 is 14.4 Å². The Morgan fingerprint density at radius 2 is 1.66 bits per heavy atom. The third kappa shape index (κ3) is 4.29. The molecule has 0 radical (unpaired) electrons. The van der Waals surface area contributed by atoms with Crippen molar-refractivity contribution in [2.75, 3.05) is 23.5 Å². The lowest BCUT2D eigenvalue weighted by Crippen LogP contribution is -2.30. The standard InChI is InChI=1S/C27H28N2O6/c1-16-6-11-22-23(12-16)26(32)29(25(22)31)18-7-9-20(10-8-18)35-27(33)17-13-24(30)28(15-17)19-4-3-5-21(14-19)34-2/h3-5,7-10,14,16-17,22-23H,6,11-13,15H2,1-2H3/t16-,17-,22-,23-/m1/s1. The van der Waals surface area contributed by atoms with Crippen LogP contribution in [0.2, 0.25) is 0 Å². The molecule has 3 aliphatic rings. The monoisotopic (exact) mass is 476 g/mol. The minimum absolute atomic E-state index is 0.0616. The van der Waals surface area contributed by atoms with Gasteiger partial charge in [-0.3, -0.25) is 24.1 Å². The second-order valence-corrected chi connectivity index (χ2v) is 9.66. The highest BCUT2D eigenvalue weighted by Crippen LogP contribution is 2.42. The molecule has 0 bridgehead atoms. The fraction of sp³-hybridized carbons (Fsp3) is 0.407. The van der Waals surface area contributed by atoms with Gasteiger partial charge in [0.05, 0.1) is 30.6 Å². The third-order valence-electron chi connectivity index (χ3n) is 7.32. The number of rotatable bonds is 5. The minimum atomic E-state index is -0.597. The lowest BCUT2D eigenvalue weighted by Gasteiger charge is -2.25. The molecular formula is C27H28N2O6. The van der Waals surface area contributed by atoms with Crippen LogP contribution in [0.1, 0.15) is 32.6 Å². The first-order valence-electron chi connectivity index (χ1n) is 12.0. The molecule has 2 aliphatic heterocycles. The number of methoxy groups -OCH3 is 1. The predicted octanol–water partition coefficient (Wildman–Crippen LogP) is 3.58. The van der Waals surface area contributed by atoms with E-state index in [2.05, 4.69) is 6.92 Å². The van der Waals surface area contributed by atoms with Gasteiger partial charge in [0.15, 0.2) is 0 Å². The Kier molecular flexibility index (Phi) is 6.05. The Labute approximate surface area is 203 Å². The first kappa shape index (κ1) is 23.1. The second kappa shape index (κ2) is 9.17. The SMILES string of the molecule is COc1cccc(N2C[C@H](C(=O)Oc3ccc(N4C(=O)[C@@H]5CC[C@@H](C)C[C@H]5C4=O)cc3)CC2=O)c1. The number of hydrogen-bond acceptors (Lipinski definition) is 6. The zero-order valence-electron chi connectivity index (χ0n) is 19.8. The highest BCUT2D eigenvalue weighted by atomic mass is 16.5. The quantitative estimate of drug-likeness (QED) is 0.372. The van der Waals surface area contributed by atoms with Crippen LogP contribution in [0.4, 0.5) is 11.4 Å². The number of benzene rings is 2. The van der Waals surface area contributed by atoms with Crippen molar-refractivity contribution in [3.8, 4) is 11.5 Å². The van der Waals surface area contributed by atoms with Gasteiger partial charge in [-0.25, -0.2) is 0 Å². The van der Waals surface area contributed by atoms with Gasteiger partial charge in [-0.05, 0) is 61.6 Å². The number of esters is 1. The molecule has 8 nitrogen and oxygen atoms in total. The number of ether oxygens (including phenoxy) is 2. The summed E-state index contributed by atoms with van der Waals surface area (Å²) in [7, 11) is 1.55. The summed E-state index contributed by atoms with van der Waals surface area (Å²) in [5, 5.41) is 0. The molecule has 2 aromatic carbocycles. The number of hydrogen-bond donors (Lipinski definition) is 0. The lowest BCUT2D eigenvalue weighted by molar-refractivity contribution is -0.139. The molecule has 35 heavy (non-hydrogen) atoms. The van der Waals surface area contributed by atoms with Gasteiger partial charge in [0.1, 0.15) is 11.5 Å². The van der Waals surface area contributed by atoms with Crippen molar-refractivity contribution >= 4 is 35.1 Å². The van der Waals surface area contributed by atoms with Gasteiger partial charge in [-0.2, -0.15) is 0 Å². The third-order valence-corrected chi connectivity index (χ3v) is 7.32. The average Bonchev–Trinajstić information content (AvgIpc) is 3.37. The van der Waals surface area contributed by atoms with E-state index in [1.54, 1.807) is 60.5 Å². The number of carbonyl (C=O) groups excluding carboxylic acids is 4. The molecule has 0 aromatic heterocycles. The van der Waals surface area contributed by atoms with E-state index >= 15 is 0 Å². The molecule has 1 saturated carbocycles. The van der Waals surface area contributed by atoms with Gasteiger partial charge >= 0.3 is 5.97 Å². The molecule has 8 heteroatoms. The number of imide groups is 1. The average molecular weight is 477 g/mol. The number of carbonyl (C=O) groups is 4. The van der Waals surface area contributed by atoms with Crippen LogP contribution in [0, 0.1) is 23.7 Å². The van der Waals surface area contributed by atoms with Crippen LogP contribution in [-0.4, -0.2) is 37.3 Å². The molecule has 3 fully saturated rings. The summed E-state index contributed by atoms with van der Waals surface area (Å²) < 4.78 is 10.7. The van der Waals surface area contributed by atoms with Crippen LogP contribution in [0.3, 0.4) is 0 Å². The minimum Gasteiger partial charge on any atom is -0.497 e. The second-order valence-electron chi connectivity index (χ2n) is 9.66. The summed E-state index contributed by atoms with van der Waals surface area (Å²) in [4.78, 5) is 53.9. The molecule has 2 saturated heterocycles. The lowest BCUT2D eigenvalue weighted by atomic mass is 9.76. The topological polar surface area (TPSA) is 93.2 Å².